The Morgan fingerprint density at radius 3 is 2.64 bits per heavy atom. The van der Waals surface area contributed by atoms with Gasteiger partial charge in [0, 0.05) is 12.1 Å². The Bertz CT molecular complexity index is 349. The van der Waals surface area contributed by atoms with Crippen LogP contribution in [0.3, 0.4) is 0 Å². The van der Waals surface area contributed by atoms with E-state index in [0.29, 0.717) is 11.5 Å². The first-order chi connectivity index (χ1) is 6.59. The van der Waals surface area contributed by atoms with Crippen molar-refractivity contribution in [3.8, 4) is 0 Å². The van der Waals surface area contributed by atoms with E-state index >= 15 is 0 Å². The minimum absolute atomic E-state index is 0.0875. The summed E-state index contributed by atoms with van der Waals surface area (Å²) in [5.41, 5.74) is 6.31. The fourth-order valence-electron chi connectivity index (χ4n) is 1.96. The van der Waals surface area contributed by atoms with Crippen LogP contribution >= 0.6 is 0 Å². The molecule has 0 heterocycles. The third kappa shape index (κ3) is 1.64. The molecule has 1 aliphatic carbocycles. The van der Waals surface area contributed by atoms with Gasteiger partial charge in [0.2, 0.25) is 0 Å². The number of rotatable bonds is 2. The van der Waals surface area contributed by atoms with Gasteiger partial charge in [-0.25, -0.2) is 8.78 Å². The van der Waals surface area contributed by atoms with E-state index in [1.165, 1.54) is 12.1 Å². The van der Waals surface area contributed by atoms with Crippen LogP contribution in [0.4, 0.5) is 8.78 Å². The van der Waals surface area contributed by atoms with E-state index in [2.05, 4.69) is 0 Å². The van der Waals surface area contributed by atoms with E-state index < -0.39 is 11.6 Å². The summed E-state index contributed by atoms with van der Waals surface area (Å²) in [5, 5.41) is 0. The Balaban J connectivity index is 2.19. The molecule has 1 aromatic rings. The van der Waals surface area contributed by atoms with Crippen LogP contribution < -0.4 is 5.73 Å². The molecule has 0 saturated heterocycles. The van der Waals surface area contributed by atoms with Crippen LogP contribution in [0, 0.1) is 17.6 Å². The molecule has 0 unspecified atom stereocenters. The number of nitrogens with two attached hydrogens (primary N) is 1. The van der Waals surface area contributed by atoms with Gasteiger partial charge < -0.3 is 5.73 Å². The van der Waals surface area contributed by atoms with E-state index in [1.54, 1.807) is 0 Å². The standard InChI is InChI=1S/C11H13F2N/c1-6(14)9-5-10(9)8-3-2-7(12)4-11(8)13/h2-4,6,9-10H,5,14H2,1H3/t6-,9-,10-/m0/s1. The highest BCUT2D eigenvalue weighted by Crippen LogP contribution is 2.49. The van der Waals surface area contributed by atoms with Gasteiger partial charge in [0.1, 0.15) is 11.6 Å². The second-order valence-corrected chi connectivity index (χ2v) is 4.03. The predicted molar refractivity (Wildman–Crippen MR) is 50.9 cm³/mol. The summed E-state index contributed by atoms with van der Waals surface area (Å²) in [5.74, 6) is -0.423. The third-order valence-corrected chi connectivity index (χ3v) is 2.88. The van der Waals surface area contributed by atoms with Crippen molar-refractivity contribution >= 4 is 0 Å². The molecule has 2 rings (SSSR count). The minimum atomic E-state index is -0.524. The molecule has 0 spiro atoms. The van der Waals surface area contributed by atoms with Gasteiger partial charge in [-0.1, -0.05) is 6.07 Å². The molecule has 1 aromatic carbocycles. The molecule has 14 heavy (non-hydrogen) atoms. The normalized spacial score (nSPS) is 27.4. The molecule has 1 fully saturated rings. The summed E-state index contributed by atoms with van der Waals surface area (Å²) in [6, 6.07) is 3.85. The molecule has 0 amide bonds. The number of benzene rings is 1. The molecule has 0 bridgehead atoms. The van der Waals surface area contributed by atoms with Crippen molar-refractivity contribution in [1.82, 2.24) is 0 Å². The zero-order chi connectivity index (χ0) is 10.3. The lowest BCUT2D eigenvalue weighted by atomic mass is 10.1. The molecule has 1 saturated carbocycles. The molecule has 1 nitrogen and oxygen atoms in total. The van der Waals surface area contributed by atoms with Crippen molar-refractivity contribution in [3.05, 3.63) is 35.4 Å². The predicted octanol–water partition coefficient (Wildman–Crippen LogP) is 2.42. The van der Waals surface area contributed by atoms with Crippen LogP contribution in [-0.4, -0.2) is 6.04 Å². The van der Waals surface area contributed by atoms with Crippen molar-refractivity contribution in [3.63, 3.8) is 0 Å². The third-order valence-electron chi connectivity index (χ3n) is 2.88. The summed E-state index contributed by atoms with van der Waals surface area (Å²) in [4.78, 5) is 0. The van der Waals surface area contributed by atoms with Gasteiger partial charge in [-0.05, 0) is 36.8 Å². The zero-order valence-electron chi connectivity index (χ0n) is 8.00. The first kappa shape index (κ1) is 9.59. The van der Waals surface area contributed by atoms with E-state index in [1.807, 2.05) is 6.92 Å². The van der Waals surface area contributed by atoms with E-state index in [0.717, 1.165) is 12.5 Å². The highest BCUT2D eigenvalue weighted by molar-refractivity contribution is 5.28. The molecular weight excluding hydrogens is 184 g/mol. The Morgan fingerprint density at radius 2 is 2.14 bits per heavy atom. The molecule has 3 atom stereocenters. The SMILES string of the molecule is C[C@H](N)[C@@H]1C[C@H]1c1ccc(F)cc1F. The van der Waals surface area contributed by atoms with E-state index in [9.17, 15) is 8.78 Å². The van der Waals surface area contributed by atoms with Crippen molar-refractivity contribution in [2.75, 3.05) is 0 Å². The number of hydrogen-bond donors (Lipinski definition) is 1. The minimum Gasteiger partial charge on any atom is -0.328 e. The first-order valence-electron chi connectivity index (χ1n) is 4.80. The van der Waals surface area contributed by atoms with Gasteiger partial charge in [0.25, 0.3) is 0 Å². The van der Waals surface area contributed by atoms with Crippen molar-refractivity contribution in [1.29, 1.82) is 0 Å². The van der Waals surface area contributed by atoms with Crippen LogP contribution in [0.25, 0.3) is 0 Å². The largest absolute Gasteiger partial charge is 0.328 e. The maximum absolute atomic E-state index is 13.3. The maximum atomic E-state index is 13.3. The van der Waals surface area contributed by atoms with Crippen LogP contribution in [-0.2, 0) is 0 Å². The maximum Gasteiger partial charge on any atom is 0.129 e. The van der Waals surface area contributed by atoms with Gasteiger partial charge in [0.15, 0.2) is 0 Å². The second-order valence-electron chi connectivity index (χ2n) is 4.03. The van der Waals surface area contributed by atoms with Gasteiger partial charge >= 0.3 is 0 Å². The highest BCUT2D eigenvalue weighted by atomic mass is 19.1. The molecule has 0 aromatic heterocycles. The number of halogens is 2. The molecular formula is C11H13F2N. The smallest absolute Gasteiger partial charge is 0.129 e. The van der Waals surface area contributed by atoms with Crippen molar-refractivity contribution in [2.24, 2.45) is 11.7 Å². The van der Waals surface area contributed by atoms with Crippen LogP contribution in [0.1, 0.15) is 24.8 Å². The Hall–Kier alpha value is -0.960. The first-order valence-corrected chi connectivity index (χ1v) is 4.80. The molecule has 76 valence electrons. The quantitative estimate of drug-likeness (QED) is 0.774. The van der Waals surface area contributed by atoms with Crippen LogP contribution in [0.5, 0.6) is 0 Å². The lowest BCUT2D eigenvalue weighted by Gasteiger charge is -2.05. The Labute approximate surface area is 81.9 Å². The summed E-state index contributed by atoms with van der Waals surface area (Å²) < 4.78 is 25.9. The van der Waals surface area contributed by atoms with Gasteiger partial charge in [-0.2, -0.15) is 0 Å². The molecule has 0 radical (unpaired) electrons. The second kappa shape index (κ2) is 3.31. The fraction of sp³-hybridized carbons (Fsp3) is 0.455. The van der Waals surface area contributed by atoms with Gasteiger partial charge in [0.05, 0.1) is 0 Å². The average Bonchev–Trinajstić information content (AvgIpc) is 2.83. The van der Waals surface area contributed by atoms with Crippen LogP contribution in [0.15, 0.2) is 18.2 Å². The molecule has 1 aliphatic rings. The Kier molecular flexibility index (Phi) is 2.27. The van der Waals surface area contributed by atoms with Crippen molar-refractivity contribution in [2.45, 2.75) is 25.3 Å². The van der Waals surface area contributed by atoms with Crippen LogP contribution in [0.2, 0.25) is 0 Å². The Morgan fingerprint density at radius 1 is 1.43 bits per heavy atom. The summed E-state index contributed by atoms with van der Waals surface area (Å²) >= 11 is 0. The van der Waals surface area contributed by atoms with Crippen molar-refractivity contribution < 1.29 is 8.78 Å². The lowest BCUT2D eigenvalue weighted by Crippen LogP contribution is -2.18. The van der Waals surface area contributed by atoms with E-state index in [4.69, 9.17) is 5.73 Å². The van der Waals surface area contributed by atoms with Gasteiger partial charge in [-0.3, -0.25) is 0 Å². The molecule has 2 N–H and O–H groups in total. The lowest BCUT2D eigenvalue weighted by molar-refractivity contribution is 0.563. The monoisotopic (exact) mass is 197 g/mol. The summed E-state index contributed by atoms with van der Waals surface area (Å²) in [6.07, 6.45) is 0.917. The highest BCUT2D eigenvalue weighted by Gasteiger charge is 2.42. The number of hydrogen-bond acceptors (Lipinski definition) is 1. The fourth-order valence-corrected chi connectivity index (χ4v) is 1.96. The van der Waals surface area contributed by atoms with E-state index in [-0.39, 0.29) is 12.0 Å². The topological polar surface area (TPSA) is 26.0 Å². The molecule has 0 aliphatic heterocycles. The van der Waals surface area contributed by atoms with Gasteiger partial charge in [-0.15, -0.1) is 0 Å². The summed E-state index contributed by atoms with van der Waals surface area (Å²) in [6.45, 7) is 1.92. The zero-order valence-corrected chi connectivity index (χ0v) is 8.00. The molecule has 3 heteroatoms. The summed E-state index contributed by atoms with van der Waals surface area (Å²) in [7, 11) is 0. The average molecular weight is 197 g/mol.